The van der Waals surface area contributed by atoms with Crippen LogP contribution in [0.25, 0.3) is 11.6 Å². The highest BCUT2D eigenvalue weighted by molar-refractivity contribution is 6.30. The number of carbonyl (C=O) groups excluding carboxylic acids is 1. The van der Waals surface area contributed by atoms with E-state index in [2.05, 4.69) is 6.07 Å². The number of ether oxygens (including phenoxy) is 3. The summed E-state index contributed by atoms with van der Waals surface area (Å²) in [5, 5.41) is 20.8. The van der Waals surface area contributed by atoms with Crippen molar-refractivity contribution in [3.8, 4) is 23.3 Å². The summed E-state index contributed by atoms with van der Waals surface area (Å²) in [7, 11) is 1.43. The largest absolute Gasteiger partial charge is 0.493 e. The van der Waals surface area contributed by atoms with Crippen LogP contribution in [0.4, 0.5) is 5.69 Å². The van der Waals surface area contributed by atoms with Gasteiger partial charge in [-0.25, -0.2) is 4.79 Å². The number of benzene rings is 3. The molecule has 0 heterocycles. The van der Waals surface area contributed by atoms with Crippen molar-refractivity contribution in [1.82, 2.24) is 0 Å². The Morgan fingerprint density at radius 1 is 1.09 bits per heavy atom. The Labute approximate surface area is 194 Å². The number of nitriles is 1. The van der Waals surface area contributed by atoms with Crippen LogP contribution in [-0.4, -0.2) is 24.6 Å². The third kappa shape index (κ3) is 6.32. The number of nitro groups is 1. The molecular formula is C24H17ClN2O6. The highest BCUT2D eigenvalue weighted by Gasteiger charge is 2.13. The number of allylic oxidation sites excluding steroid dienone is 1. The highest BCUT2D eigenvalue weighted by atomic mass is 35.5. The third-order valence-corrected chi connectivity index (χ3v) is 4.65. The molecule has 0 atom stereocenters. The SMILES string of the molecule is COc1cc(/C=C(\C#N)c2ccc(Cl)cc2)ccc1OC(=O)COc1ccc([N+](=O)[O-])cc1. The Bertz CT molecular complexity index is 1230. The summed E-state index contributed by atoms with van der Waals surface area (Å²) in [6.07, 6.45) is 1.68. The Morgan fingerprint density at radius 2 is 1.79 bits per heavy atom. The van der Waals surface area contributed by atoms with Crippen molar-refractivity contribution in [2.45, 2.75) is 0 Å². The molecule has 0 aliphatic heterocycles. The minimum Gasteiger partial charge on any atom is -0.493 e. The van der Waals surface area contributed by atoms with E-state index in [1.165, 1.54) is 31.4 Å². The summed E-state index contributed by atoms with van der Waals surface area (Å²) >= 11 is 5.90. The van der Waals surface area contributed by atoms with Gasteiger partial charge in [-0.05, 0) is 53.6 Å². The molecule has 0 aliphatic rings. The van der Waals surface area contributed by atoms with E-state index in [0.717, 1.165) is 0 Å². The molecule has 0 aromatic heterocycles. The lowest BCUT2D eigenvalue weighted by Gasteiger charge is -2.11. The highest BCUT2D eigenvalue weighted by Crippen LogP contribution is 2.30. The number of nitrogens with zero attached hydrogens (tertiary/aromatic N) is 2. The zero-order valence-electron chi connectivity index (χ0n) is 17.4. The van der Waals surface area contributed by atoms with Crippen LogP contribution in [-0.2, 0) is 4.79 Å². The monoisotopic (exact) mass is 464 g/mol. The van der Waals surface area contributed by atoms with Crippen LogP contribution in [0.1, 0.15) is 11.1 Å². The van der Waals surface area contributed by atoms with Gasteiger partial charge in [0.1, 0.15) is 5.75 Å². The van der Waals surface area contributed by atoms with E-state index >= 15 is 0 Å². The summed E-state index contributed by atoms with van der Waals surface area (Å²) < 4.78 is 15.9. The van der Waals surface area contributed by atoms with Gasteiger partial charge in [-0.1, -0.05) is 29.8 Å². The van der Waals surface area contributed by atoms with E-state index in [9.17, 15) is 20.2 Å². The fraction of sp³-hybridized carbons (Fsp3) is 0.0833. The Morgan fingerprint density at radius 3 is 2.39 bits per heavy atom. The number of hydrogen-bond acceptors (Lipinski definition) is 7. The Balaban J connectivity index is 1.68. The van der Waals surface area contributed by atoms with Gasteiger partial charge in [0.2, 0.25) is 0 Å². The molecule has 0 saturated heterocycles. The van der Waals surface area contributed by atoms with Crippen LogP contribution in [0.5, 0.6) is 17.2 Å². The summed E-state index contributed by atoms with van der Waals surface area (Å²) in [6.45, 7) is -0.405. The first-order valence-electron chi connectivity index (χ1n) is 9.53. The number of methoxy groups -OCH3 is 1. The molecule has 3 rings (SSSR count). The number of nitro benzene ring substituents is 1. The fourth-order valence-corrected chi connectivity index (χ4v) is 2.92. The second-order valence-corrected chi connectivity index (χ2v) is 7.04. The first kappa shape index (κ1) is 23.3. The second-order valence-electron chi connectivity index (χ2n) is 6.60. The average molecular weight is 465 g/mol. The molecule has 0 N–H and O–H groups in total. The quantitative estimate of drug-likeness (QED) is 0.111. The van der Waals surface area contributed by atoms with Crippen molar-refractivity contribution < 1.29 is 23.9 Å². The predicted molar refractivity (Wildman–Crippen MR) is 122 cm³/mol. The molecule has 0 radical (unpaired) electrons. The molecule has 166 valence electrons. The van der Waals surface area contributed by atoms with Crippen molar-refractivity contribution >= 4 is 34.9 Å². The van der Waals surface area contributed by atoms with E-state index in [4.69, 9.17) is 25.8 Å². The smallest absolute Gasteiger partial charge is 0.349 e. The minimum atomic E-state index is -0.686. The molecule has 0 fully saturated rings. The maximum Gasteiger partial charge on any atom is 0.349 e. The maximum atomic E-state index is 12.2. The van der Waals surface area contributed by atoms with Gasteiger partial charge < -0.3 is 14.2 Å². The number of hydrogen-bond donors (Lipinski definition) is 0. The van der Waals surface area contributed by atoms with E-state index in [-0.39, 0.29) is 17.2 Å². The molecule has 0 amide bonds. The van der Waals surface area contributed by atoms with Gasteiger partial charge in [-0.2, -0.15) is 5.26 Å². The summed E-state index contributed by atoms with van der Waals surface area (Å²) in [6, 6.07) is 19.2. The van der Waals surface area contributed by atoms with Crippen molar-refractivity contribution in [2.75, 3.05) is 13.7 Å². The third-order valence-electron chi connectivity index (χ3n) is 4.40. The van der Waals surface area contributed by atoms with E-state index in [1.54, 1.807) is 48.5 Å². The lowest BCUT2D eigenvalue weighted by atomic mass is 10.0. The molecule has 0 spiro atoms. The summed E-state index contributed by atoms with van der Waals surface area (Å²) in [5.41, 5.74) is 1.72. The summed E-state index contributed by atoms with van der Waals surface area (Å²) in [4.78, 5) is 22.3. The number of rotatable bonds is 8. The van der Waals surface area contributed by atoms with Gasteiger partial charge in [-0.15, -0.1) is 0 Å². The van der Waals surface area contributed by atoms with Crippen molar-refractivity contribution in [3.05, 3.63) is 93.0 Å². The number of carbonyl (C=O) groups is 1. The van der Waals surface area contributed by atoms with Gasteiger partial charge >= 0.3 is 5.97 Å². The van der Waals surface area contributed by atoms with Gasteiger partial charge in [0.25, 0.3) is 5.69 Å². The fourth-order valence-electron chi connectivity index (χ4n) is 2.79. The van der Waals surface area contributed by atoms with Crippen LogP contribution in [0.2, 0.25) is 5.02 Å². The minimum absolute atomic E-state index is 0.0839. The van der Waals surface area contributed by atoms with Gasteiger partial charge in [0.05, 0.1) is 23.7 Å². The first-order valence-corrected chi connectivity index (χ1v) is 9.91. The standard InChI is InChI=1S/C24H17ClN2O6/c1-31-23-13-16(12-18(14-26)17-3-5-19(25)6-4-17)2-11-22(23)33-24(28)15-32-21-9-7-20(8-10-21)27(29)30/h2-13H,15H2,1H3/b18-12+. The topological polar surface area (TPSA) is 112 Å². The van der Waals surface area contributed by atoms with Crippen molar-refractivity contribution in [3.63, 3.8) is 0 Å². The summed E-state index contributed by atoms with van der Waals surface area (Å²) in [5.74, 6) is 0.0721. The van der Waals surface area contributed by atoms with E-state index < -0.39 is 17.5 Å². The van der Waals surface area contributed by atoms with Crippen LogP contribution in [0.15, 0.2) is 66.7 Å². The molecular weight excluding hydrogens is 448 g/mol. The normalized spacial score (nSPS) is 10.8. The molecule has 0 unspecified atom stereocenters. The maximum absolute atomic E-state index is 12.2. The van der Waals surface area contributed by atoms with Crippen LogP contribution >= 0.6 is 11.6 Å². The van der Waals surface area contributed by atoms with Crippen LogP contribution < -0.4 is 14.2 Å². The first-order chi connectivity index (χ1) is 15.9. The number of non-ortho nitro benzene ring substituents is 1. The molecule has 33 heavy (non-hydrogen) atoms. The van der Waals surface area contributed by atoms with Gasteiger partial charge in [0.15, 0.2) is 18.1 Å². The zero-order chi connectivity index (χ0) is 23.8. The molecule has 0 bridgehead atoms. The van der Waals surface area contributed by atoms with Crippen molar-refractivity contribution in [2.24, 2.45) is 0 Å². The average Bonchev–Trinajstić information content (AvgIpc) is 2.83. The molecule has 3 aromatic rings. The Hall–Kier alpha value is -4.35. The predicted octanol–water partition coefficient (Wildman–Crippen LogP) is 5.31. The second kappa shape index (κ2) is 10.8. The molecule has 8 nitrogen and oxygen atoms in total. The van der Waals surface area contributed by atoms with Gasteiger partial charge in [0, 0.05) is 17.2 Å². The van der Waals surface area contributed by atoms with E-state index in [0.29, 0.717) is 27.5 Å². The lowest BCUT2D eigenvalue weighted by molar-refractivity contribution is -0.384. The van der Waals surface area contributed by atoms with Crippen LogP contribution in [0, 0.1) is 21.4 Å². The molecule has 0 aliphatic carbocycles. The van der Waals surface area contributed by atoms with E-state index in [1.807, 2.05) is 0 Å². The number of esters is 1. The number of halogens is 1. The molecule has 9 heteroatoms. The van der Waals surface area contributed by atoms with Crippen LogP contribution in [0.3, 0.4) is 0 Å². The molecule has 3 aromatic carbocycles. The zero-order valence-corrected chi connectivity index (χ0v) is 18.1. The Kier molecular flexibility index (Phi) is 7.63. The molecule has 0 saturated carbocycles. The lowest BCUT2D eigenvalue weighted by Crippen LogP contribution is -2.18. The van der Waals surface area contributed by atoms with Crippen molar-refractivity contribution in [1.29, 1.82) is 5.26 Å². The van der Waals surface area contributed by atoms with Gasteiger partial charge in [-0.3, -0.25) is 10.1 Å².